The Labute approximate surface area is 239 Å². The molecule has 0 spiro atoms. The van der Waals surface area contributed by atoms with Crippen molar-refractivity contribution >= 4 is 28.9 Å². The van der Waals surface area contributed by atoms with E-state index < -0.39 is 6.04 Å². The van der Waals surface area contributed by atoms with E-state index >= 15 is 0 Å². The summed E-state index contributed by atoms with van der Waals surface area (Å²) in [5.74, 6) is 0.721. The van der Waals surface area contributed by atoms with Gasteiger partial charge in [-0.2, -0.15) is 0 Å². The Morgan fingerprint density at radius 1 is 0.974 bits per heavy atom. The molecule has 1 aliphatic carbocycles. The van der Waals surface area contributed by atoms with E-state index in [2.05, 4.69) is 36.4 Å². The minimum absolute atomic E-state index is 0. The third-order valence-corrected chi connectivity index (χ3v) is 8.07. The molecule has 2 aromatic rings. The van der Waals surface area contributed by atoms with Crippen LogP contribution < -0.4 is 10.6 Å². The lowest BCUT2D eigenvalue weighted by Crippen LogP contribution is -2.55. The molecule has 1 saturated carbocycles. The summed E-state index contributed by atoms with van der Waals surface area (Å²) >= 11 is 1.44. The molecule has 0 unspecified atom stereocenters. The van der Waals surface area contributed by atoms with Crippen molar-refractivity contribution in [3.05, 3.63) is 52.0 Å². The summed E-state index contributed by atoms with van der Waals surface area (Å²) < 4.78 is 0. The average Bonchev–Trinajstić information content (AvgIpc) is 3.61. The van der Waals surface area contributed by atoms with Crippen molar-refractivity contribution in [3.8, 4) is 0 Å². The van der Waals surface area contributed by atoms with Crippen molar-refractivity contribution in [1.82, 2.24) is 20.5 Å². The number of nitrogens with one attached hydrogen (secondary N) is 2. The summed E-state index contributed by atoms with van der Waals surface area (Å²) in [5, 5.41) is 8.62. The van der Waals surface area contributed by atoms with Gasteiger partial charge in [0.1, 0.15) is 16.7 Å². The normalized spacial score (nSPS) is 18.9. The van der Waals surface area contributed by atoms with E-state index in [1.54, 1.807) is 31.5 Å². The molecule has 0 radical (unpaired) electrons. The summed E-state index contributed by atoms with van der Waals surface area (Å²) in [6.07, 6.45) is 6.97. The molecule has 4 rings (SSSR count). The Kier molecular flexibility index (Phi) is 13.3. The van der Waals surface area contributed by atoms with Crippen LogP contribution in [0.2, 0.25) is 0 Å². The minimum atomic E-state index is -0.519. The summed E-state index contributed by atoms with van der Waals surface area (Å²) in [5.41, 5.74) is 1.03. The number of rotatable bonds is 8. The maximum Gasteiger partial charge on any atom is 0.246 e. The minimum Gasteiger partial charge on any atom is -0.343 e. The molecule has 1 saturated heterocycles. The highest BCUT2D eigenvalue weighted by Gasteiger charge is 2.40. The third-order valence-electron chi connectivity index (χ3n) is 7.12. The summed E-state index contributed by atoms with van der Waals surface area (Å²) in [6.45, 7) is 8.95. The fraction of sp³-hybridized carbons (Fsp3) is 0.613. The maximum atomic E-state index is 13.8. The van der Waals surface area contributed by atoms with Crippen LogP contribution in [0, 0.1) is 11.8 Å². The lowest BCUT2D eigenvalue weighted by Gasteiger charge is -2.35. The van der Waals surface area contributed by atoms with Gasteiger partial charge in [-0.3, -0.25) is 14.4 Å². The number of hydrogen-bond donors (Lipinski definition) is 2. The highest BCUT2D eigenvalue weighted by Crippen LogP contribution is 2.36. The number of nitrogens with zero attached hydrogens (tertiary/aromatic N) is 2. The second-order valence-electron chi connectivity index (χ2n) is 11.1. The van der Waals surface area contributed by atoms with Crippen LogP contribution in [0.4, 0.5) is 0 Å². The molecule has 3 atom stereocenters. The number of carbonyl (C=O) groups excluding carboxylic acids is 3. The van der Waals surface area contributed by atoms with Crippen LogP contribution in [0.3, 0.4) is 0 Å². The number of likely N-dealkylation sites (N-methyl/N-ethyl adjacent to an activating group) is 1. The Hall–Kier alpha value is -2.58. The van der Waals surface area contributed by atoms with Crippen LogP contribution >= 0.6 is 11.3 Å². The van der Waals surface area contributed by atoms with Crippen LogP contribution in [0.5, 0.6) is 0 Å². The van der Waals surface area contributed by atoms with E-state index in [9.17, 15) is 14.4 Å². The number of thiazole rings is 1. The molecule has 2 fully saturated rings. The van der Waals surface area contributed by atoms with Gasteiger partial charge in [0.05, 0.1) is 12.1 Å². The first-order valence-corrected chi connectivity index (χ1v) is 14.9. The molecule has 0 bridgehead atoms. The molecule has 39 heavy (non-hydrogen) atoms. The molecule has 2 heterocycles. The number of carbonyl (C=O) groups is 3. The molecule has 1 aromatic heterocycles. The van der Waals surface area contributed by atoms with Gasteiger partial charge >= 0.3 is 0 Å². The fourth-order valence-electron chi connectivity index (χ4n) is 5.01. The van der Waals surface area contributed by atoms with Gasteiger partial charge in [-0.05, 0) is 51.5 Å². The lowest BCUT2D eigenvalue weighted by molar-refractivity contribution is -0.139. The van der Waals surface area contributed by atoms with Crippen molar-refractivity contribution < 1.29 is 14.4 Å². The van der Waals surface area contributed by atoms with Crippen LogP contribution in [0.15, 0.2) is 35.7 Å². The van der Waals surface area contributed by atoms with Crippen LogP contribution in [-0.4, -0.2) is 53.2 Å². The van der Waals surface area contributed by atoms with Crippen molar-refractivity contribution in [3.63, 3.8) is 0 Å². The zero-order valence-electron chi connectivity index (χ0n) is 23.5. The van der Waals surface area contributed by atoms with Crippen LogP contribution in [-0.2, 0) is 9.59 Å². The third kappa shape index (κ3) is 8.97. The maximum absolute atomic E-state index is 13.8. The number of ketones is 1. The van der Waals surface area contributed by atoms with E-state index in [0.29, 0.717) is 17.8 Å². The predicted molar refractivity (Wildman–Crippen MR) is 160 cm³/mol. The van der Waals surface area contributed by atoms with E-state index in [1.165, 1.54) is 17.8 Å². The molecular formula is C31H48N4O3S. The van der Waals surface area contributed by atoms with Crippen molar-refractivity contribution in [2.75, 3.05) is 13.6 Å². The molecule has 1 aromatic carbocycles. The van der Waals surface area contributed by atoms with Crippen molar-refractivity contribution in [2.24, 2.45) is 11.8 Å². The van der Waals surface area contributed by atoms with Gasteiger partial charge in [-0.15, -0.1) is 11.3 Å². The van der Waals surface area contributed by atoms with Gasteiger partial charge in [0, 0.05) is 17.5 Å². The number of likely N-dealkylation sites (tertiary alicyclic amines) is 1. The van der Waals surface area contributed by atoms with Crippen molar-refractivity contribution in [1.29, 1.82) is 0 Å². The molecule has 2 aliphatic rings. The second-order valence-corrected chi connectivity index (χ2v) is 12.0. The number of hydrogen-bond acceptors (Lipinski definition) is 6. The van der Waals surface area contributed by atoms with Gasteiger partial charge in [0.25, 0.3) is 0 Å². The number of aromatic nitrogens is 1. The van der Waals surface area contributed by atoms with E-state index in [1.807, 2.05) is 23.1 Å². The first-order valence-electron chi connectivity index (χ1n) is 14.1. The highest BCUT2D eigenvalue weighted by molar-refractivity contribution is 7.10. The van der Waals surface area contributed by atoms with Gasteiger partial charge in [-0.1, -0.05) is 77.8 Å². The summed E-state index contributed by atoms with van der Waals surface area (Å²) in [6, 6.07) is 8.10. The number of benzene rings is 1. The van der Waals surface area contributed by atoms with Crippen molar-refractivity contribution in [2.45, 2.75) is 98.2 Å². The quantitative estimate of drug-likeness (QED) is 0.389. The summed E-state index contributed by atoms with van der Waals surface area (Å²) in [7, 11) is 1.75. The Bertz CT molecular complexity index is 1050. The lowest BCUT2D eigenvalue weighted by atomic mass is 9.83. The molecule has 1 aliphatic heterocycles. The fourth-order valence-corrected chi connectivity index (χ4v) is 5.95. The zero-order valence-corrected chi connectivity index (χ0v) is 24.4. The molecule has 7 nitrogen and oxygen atoms in total. The smallest absolute Gasteiger partial charge is 0.246 e. The largest absolute Gasteiger partial charge is 0.343 e. The molecular weight excluding hydrogens is 508 g/mol. The average molecular weight is 557 g/mol. The van der Waals surface area contributed by atoms with Gasteiger partial charge < -0.3 is 15.5 Å². The SMILES string of the molecule is C.CC(C)C.CN[C@@H](C)C(=O)N[C@H](C(=O)N1CCC[C@H]1c1nc(C(=O)c2ccccc2)cs1)C1CCCCC1. The topological polar surface area (TPSA) is 91.4 Å². The van der Waals surface area contributed by atoms with Crippen LogP contribution in [0.25, 0.3) is 0 Å². The zero-order chi connectivity index (χ0) is 27.7. The standard InChI is InChI=1S/C26H34N4O3S.C4H10.CH4/c1-17(27-2)24(32)29-22(18-10-5-3-6-11-18)26(33)30-15-9-14-21(30)25-28-20(16-34-25)23(31)19-12-7-4-8-13-19;1-4(2)3;/h4,7-8,12-13,16-18,21-22,27H,3,5-6,9-11,14-15H2,1-2H3,(H,29,32);4H,1-3H3;1H4/t17-,21-,22-;;/m0../s1. The Balaban J connectivity index is 0.000000998. The summed E-state index contributed by atoms with van der Waals surface area (Å²) in [4.78, 5) is 45.9. The predicted octanol–water partition coefficient (Wildman–Crippen LogP) is 6.01. The molecule has 2 N–H and O–H groups in total. The van der Waals surface area contributed by atoms with Crippen LogP contribution in [0.1, 0.15) is 107 Å². The second kappa shape index (κ2) is 15.9. The first kappa shape index (κ1) is 32.6. The van der Waals surface area contributed by atoms with E-state index in [4.69, 9.17) is 0 Å². The Morgan fingerprint density at radius 2 is 1.62 bits per heavy atom. The first-order chi connectivity index (χ1) is 18.2. The monoisotopic (exact) mass is 556 g/mol. The Morgan fingerprint density at radius 3 is 2.23 bits per heavy atom. The highest BCUT2D eigenvalue weighted by atomic mass is 32.1. The number of amides is 2. The van der Waals surface area contributed by atoms with Gasteiger partial charge in [0.2, 0.25) is 17.6 Å². The molecule has 216 valence electrons. The molecule has 2 amide bonds. The van der Waals surface area contributed by atoms with Gasteiger partial charge in [-0.25, -0.2) is 4.98 Å². The van der Waals surface area contributed by atoms with E-state index in [0.717, 1.165) is 49.5 Å². The van der Waals surface area contributed by atoms with Gasteiger partial charge in [0.15, 0.2) is 0 Å². The van der Waals surface area contributed by atoms with E-state index in [-0.39, 0.29) is 43.0 Å². The molecule has 8 heteroatoms.